The van der Waals surface area contributed by atoms with Gasteiger partial charge in [-0.15, -0.1) is 11.3 Å². The van der Waals surface area contributed by atoms with Gasteiger partial charge in [0.2, 0.25) is 0 Å². The Kier molecular flexibility index (Phi) is 4.89. The lowest BCUT2D eigenvalue weighted by Crippen LogP contribution is -2.21. The summed E-state index contributed by atoms with van der Waals surface area (Å²) in [6, 6.07) is 4.26. The number of carbonyl (C=O) groups excluding carboxylic acids is 1. The molecule has 1 aromatic heterocycles. The Balaban J connectivity index is 2.33. The van der Waals surface area contributed by atoms with Gasteiger partial charge in [0, 0.05) is 22.7 Å². The second-order valence-corrected chi connectivity index (χ2v) is 6.08. The zero-order valence-corrected chi connectivity index (χ0v) is 12.8. The van der Waals surface area contributed by atoms with Gasteiger partial charge >= 0.3 is 0 Å². The molecule has 9 heteroatoms. The first-order chi connectivity index (χ1) is 10.0. The molecule has 110 valence electrons. The lowest BCUT2D eigenvalue weighted by molar-refractivity contribution is -0.387. The number of hydrogen-bond donors (Lipinski definition) is 1. The minimum Gasteiger partial charge on any atom is -0.277 e. The Morgan fingerprint density at radius 1 is 1.52 bits per heavy atom. The summed E-state index contributed by atoms with van der Waals surface area (Å²) in [5, 5.41) is 13.0. The molecule has 0 aliphatic carbocycles. The molecule has 2 rings (SSSR count). The molecule has 0 aliphatic heterocycles. The van der Waals surface area contributed by atoms with Crippen LogP contribution < -0.4 is 5.48 Å². The lowest BCUT2D eigenvalue weighted by Gasteiger charge is -2.04. The lowest BCUT2D eigenvalue weighted by atomic mass is 10.2. The van der Waals surface area contributed by atoms with Gasteiger partial charge in [-0.2, -0.15) is 0 Å². The van der Waals surface area contributed by atoms with Gasteiger partial charge in [-0.05, 0) is 19.1 Å². The fourth-order valence-electron chi connectivity index (χ4n) is 1.51. The van der Waals surface area contributed by atoms with E-state index in [0.717, 1.165) is 5.69 Å². The molecule has 0 aliphatic rings. The largest absolute Gasteiger partial charge is 0.284 e. The van der Waals surface area contributed by atoms with E-state index in [1.54, 1.807) is 0 Å². The first kappa shape index (κ1) is 15.4. The first-order valence-electron chi connectivity index (χ1n) is 5.73. The van der Waals surface area contributed by atoms with Crippen LogP contribution in [0.4, 0.5) is 5.69 Å². The van der Waals surface area contributed by atoms with Crippen molar-refractivity contribution in [3.8, 4) is 0 Å². The maximum Gasteiger partial charge on any atom is 0.284 e. The van der Waals surface area contributed by atoms with Crippen LogP contribution in [-0.2, 0) is 4.84 Å². The van der Waals surface area contributed by atoms with E-state index in [-0.39, 0.29) is 11.3 Å². The molecule has 0 unspecified atom stereocenters. The zero-order valence-electron chi connectivity index (χ0n) is 11.2. The molecule has 1 heterocycles. The van der Waals surface area contributed by atoms with Crippen LogP contribution in [0.3, 0.4) is 0 Å². The smallest absolute Gasteiger partial charge is 0.277 e. The number of hydroxylamine groups is 1. The Bertz CT molecular complexity index is 687. The number of amides is 1. The molecule has 1 aromatic carbocycles. The average Bonchev–Trinajstić information content (AvgIpc) is 2.84. The number of aryl methyl sites for hydroxylation is 1. The molecule has 7 nitrogen and oxygen atoms in total. The Labute approximate surface area is 128 Å². The van der Waals surface area contributed by atoms with Crippen LogP contribution in [0.25, 0.3) is 0 Å². The van der Waals surface area contributed by atoms with E-state index < -0.39 is 10.8 Å². The standard InChI is InChI=1S/C12H11N3O4S2/c1-7-6-20-12(13-7)21-10-4-3-8(11(16)14-19-2)5-9(10)15(17)18/h3-6H,1-2H3,(H,14,16). The number of hydrogen-bond acceptors (Lipinski definition) is 7. The normalized spacial score (nSPS) is 10.4. The summed E-state index contributed by atoms with van der Waals surface area (Å²) in [5.41, 5.74) is 3.00. The molecule has 0 spiro atoms. The Morgan fingerprint density at radius 3 is 2.86 bits per heavy atom. The average molecular weight is 325 g/mol. The van der Waals surface area contributed by atoms with E-state index in [1.165, 1.54) is 48.4 Å². The van der Waals surface area contributed by atoms with Crippen LogP contribution in [0, 0.1) is 17.0 Å². The van der Waals surface area contributed by atoms with Gasteiger partial charge < -0.3 is 0 Å². The highest BCUT2D eigenvalue weighted by molar-refractivity contribution is 8.01. The van der Waals surface area contributed by atoms with Crippen LogP contribution in [0.2, 0.25) is 0 Å². The van der Waals surface area contributed by atoms with E-state index in [0.29, 0.717) is 9.24 Å². The van der Waals surface area contributed by atoms with Crippen LogP contribution in [0.15, 0.2) is 32.8 Å². The van der Waals surface area contributed by atoms with Gasteiger partial charge in [0.05, 0.1) is 16.9 Å². The Morgan fingerprint density at radius 2 is 2.29 bits per heavy atom. The van der Waals surface area contributed by atoms with Crippen LogP contribution in [-0.4, -0.2) is 22.9 Å². The van der Waals surface area contributed by atoms with Crippen molar-refractivity contribution in [2.75, 3.05) is 7.11 Å². The minimum absolute atomic E-state index is 0.142. The van der Waals surface area contributed by atoms with Crippen molar-refractivity contribution < 1.29 is 14.6 Å². The van der Waals surface area contributed by atoms with Gasteiger partial charge in [0.1, 0.15) is 0 Å². The van der Waals surface area contributed by atoms with Gasteiger partial charge in [-0.25, -0.2) is 10.5 Å². The molecule has 2 aromatic rings. The number of benzene rings is 1. The molecule has 1 N–H and O–H groups in total. The maximum absolute atomic E-state index is 11.6. The number of nitrogens with one attached hydrogen (secondary N) is 1. The van der Waals surface area contributed by atoms with Crippen LogP contribution in [0.1, 0.15) is 16.1 Å². The molecule has 0 bridgehead atoms. The SMILES string of the molecule is CONC(=O)c1ccc(Sc2nc(C)cs2)c([N+](=O)[O-])c1. The molecule has 0 saturated carbocycles. The molecule has 0 radical (unpaired) electrons. The highest BCUT2D eigenvalue weighted by Gasteiger charge is 2.19. The molecule has 0 saturated heterocycles. The van der Waals surface area contributed by atoms with E-state index >= 15 is 0 Å². The monoisotopic (exact) mass is 325 g/mol. The molecule has 0 fully saturated rings. The molecule has 1 amide bonds. The van der Waals surface area contributed by atoms with Crippen molar-refractivity contribution in [1.29, 1.82) is 0 Å². The molecule has 0 atom stereocenters. The second-order valence-electron chi connectivity index (χ2n) is 3.93. The van der Waals surface area contributed by atoms with Gasteiger partial charge in [-0.3, -0.25) is 19.7 Å². The third kappa shape index (κ3) is 3.78. The highest BCUT2D eigenvalue weighted by Crippen LogP contribution is 2.36. The number of nitrogens with zero attached hydrogens (tertiary/aromatic N) is 2. The van der Waals surface area contributed by atoms with Gasteiger partial charge in [0.25, 0.3) is 11.6 Å². The van der Waals surface area contributed by atoms with E-state index in [1.807, 2.05) is 12.3 Å². The van der Waals surface area contributed by atoms with Gasteiger partial charge in [0.15, 0.2) is 4.34 Å². The number of nitro benzene ring substituents is 1. The molecular formula is C12H11N3O4S2. The predicted molar refractivity (Wildman–Crippen MR) is 78.5 cm³/mol. The second kappa shape index (κ2) is 6.66. The van der Waals surface area contributed by atoms with Crippen molar-refractivity contribution in [3.05, 3.63) is 45.0 Å². The number of rotatable bonds is 5. The van der Waals surface area contributed by atoms with Crippen molar-refractivity contribution in [2.45, 2.75) is 16.2 Å². The number of nitro groups is 1. The summed E-state index contributed by atoms with van der Waals surface area (Å²) in [6.07, 6.45) is 0. The summed E-state index contributed by atoms with van der Waals surface area (Å²) in [5.74, 6) is -0.540. The van der Waals surface area contributed by atoms with Crippen molar-refractivity contribution >= 4 is 34.7 Å². The number of aromatic nitrogens is 1. The van der Waals surface area contributed by atoms with E-state index in [2.05, 4.69) is 15.3 Å². The Hall–Kier alpha value is -1.97. The number of thiazole rings is 1. The fraction of sp³-hybridized carbons (Fsp3) is 0.167. The maximum atomic E-state index is 11.6. The van der Waals surface area contributed by atoms with E-state index in [9.17, 15) is 14.9 Å². The molecular weight excluding hydrogens is 314 g/mol. The summed E-state index contributed by atoms with van der Waals surface area (Å²) in [4.78, 5) is 31.4. The summed E-state index contributed by atoms with van der Waals surface area (Å²) in [6.45, 7) is 1.85. The zero-order chi connectivity index (χ0) is 15.4. The highest BCUT2D eigenvalue weighted by atomic mass is 32.2. The van der Waals surface area contributed by atoms with Gasteiger partial charge in [-0.1, -0.05) is 11.8 Å². The number of carbonyl (C=O) groups is 1. The molecule has 21 heavy (non-hydrogen) atoms. The van der Waals surface area contributed by atoms with Crippen molar-refractivity contribution in [1.82, 2.24) is 10.5 Å². The van der Waals surface area contributed by atoms with Crippen LogP contribution in [0.5, 0.6) is 0 Å². The fourth-order valence-corrected chi connectivity index (χ4v) is 3.39. The van der Waals surface area contributed by atoms with Crippen molar-refractivity contribution in [2.24, 2.45) is 0 Å². The third-order valence-electron chi connectivity index (χ3n) is 2.41. The third-order valence-corrected chi connectivity index (χ3v) is 4.53. The minimum atomic E-state index is -0.540. The quantitative estimate of drug-likeness (QED) is 0.671. The van der Waals surface area contributed by atoms with E-state index in [4.69, 9.17) is 0 Å². The predicted octanol–water partition coefficient (Wildman–Crippen LogP) is 2.80. The first-order valence-corrected chi connectivity index (χ1v) is 7.42. The summed E-state index contributed by atoms with van der Waals surface area (Å²) >= 11 is 2.61. The van der Waals surface area contributed by atoms with Crippen LogP contribution >= 0.6 is 23.1 Å². The topological polar surface area (TPSA) is 94.4 Å². The summed E-state index contributed by atoms with van der Waals surface area (Å²) in [7, 11) is 1.29. The summed E-state index contributed by atoms with van der Waals surface area (Å²) < 4.78 is 0.713. The van der Waals surface area contributed by atoms with Crippen molar-refractivity contribution in [3.63, 3.8) is 0 Å².